The van der Waals surface area contributed by atoms with E-state index in [1.165, 1.54) is 4.90 Å². The Morgan fingerprint density at radius 3 is 2.20 bits per heavy atom. The van der Waals surface area contributed by atoms with Gasteiger partial charge in [0, 0.05) is 26.2 Å². The van der Waals surface area contributed by atoms with Crippen molar-refractivity contribution in [3.05, 3.63) is 113 Å². The van der Waals surface area contributed by atoms with E-state index in [0.29, 0.717) is 61.9 Å². The fraction of sp³-hybridized carbons (Fsp3) is 0.333. The van der Waals surface area contributed by atoms with Gasteiger partial charge in [-0.25, -0.2) is 14.3 Å². The van der Waals surface area contributed by atoms with Crippen molar-refractivity contribution in [2.75, 3.05) is 38.8 Å². The molecule has 0 saturated heterocycles. The molecule has 0 aliphatic carbocycles. The van der Waals surface area contributed by atoms with Gasteiger partial charge in [0.25, 0.3) is 0 Å². The Morgan fingerprint density at radius 1 is 0.980 bits per heavy atom. The number of aryl methyl sites for hydroxylation is 1. The van der Waals surface area contributed by atoms with E-state index >= 15 is 0 Å². The molecule has 0 radical (unpaired) electrons. The van der Waals surface area contributed by atoms with Crippen LogP contribution in [0.2, 0.25) is 0 Å². The van der Waals surface area contributed by atoms with Gasteiger partial charge in [-0.2, -0.15) is 4.98 Å². The summed E-state index contributed by atoms with van der Waals surface area (Å²) in [5.74, 6) is 2.10. The fourth-order valence-electron chi connectivity index (χ4n) is 6.22. The van der Waals surface area contributed by atoms with E-state index in [1.54, 1.807) is 24.9 Å². The number of methoxy groups -OCH3 is 2. The van der Waals surface area contributed by atoms with Crippen LogP contribution < -0.4 is 19.1 Å². The summed E-state index contributed by atoms with van der Waals surface area (Å²) in [5, 5.41) is 25.9. The summed E-state index contributed by atoms with van der Waals surface area (Å²) in [7, 11) is 3.29. The van der Waals surface area contributed by atoms with Gasteiger partial charge in [0.2, 0.25) is 0 Å². The first-order chi connectivity index (χ1) is 24.8. The SMILES string of the molecule is CCCCOc1nc(N(Cc2ccc(OC)cc2)Cc2ccc(OC)cc2)c2ncc(C(O)c3ccc(C4=CCN(C(=O)O)CC4)c(C)c3)n2n1. The van der Waals surface area contributed by atoms with E-state index in [-0.39, 0.29) is 6.01 Å². The Hall–Kier alpha value is -5.62. The molecule has 1 aliphatic rings. The summed E-state index contributed by atoms with van der Waals surface area (Å²) in [4.78, 5) is 24.6. The van der Waals surface area contributed by atoms with Crippen LogP contribution in [0.5, 0.6) is 17.5 Å². The van der Waals surface area contributed by atoms with Crippen molar-refractivity contribution in [1.82, 2.24) is 24.5 Å². The number of anilines is 1. The van der Waals surface area contributed by atoms with Gasteiger partial charge in [-0.1, -0.05) is 61.9 Å². The van der Waals surface area contributed by atoms with E-state index in [1.807, 2.05) is 79.7 Å². The molecule has 0 spiro atoms. The molecule has 0 bridgehead atoms. The van der Waals surface area contributed by atoms with Crippen molar-refractivity contribution < 1.29 is 29.2 Å². The van der Waals surface area contributed by atoms with Gasteiger partial charge in [0.1, 0.15) is 17.6 Å². The van der Waals surface area contributed by atoms with Crippen LogP contribution in [0, 0.1) is 6.92 Å². The van der Waals surface area contributed by atoms with Crippen LogP contribution in [-0.2, 0) is 13.1 Å². The predicted octanol–water partition coefficient (Wildman–Crippen LogP) is 6.68. The number of ether oxygens (including phenoxy) is 3. The molecule has 2 aromatic heterocycles. The van der Waals surface area contributed by atoms with E-state index < -0.39 is 12.2 Å². The van der Waals surface area contributed by atoms with Crippen molar-refractivity contribution in [1.29, 1.82) is 0 Å². The zero-order valence-corrected chi connectivity index (χ0v) is 29.5. The molecule has 6 rings (SSSR count). The van der Waals surface area contributed by atoms with E-state index in [4.69, 9.17) is 29.3 Å². The smallest absolute Gasteiger partial charge is 0.407 e. The van der Waals surface area contributed by atoms with Gasteiger partial charge >= 0.3 is 12.1 Å². The summed E-state index contributed by atoms with van der Waals surface area (Å²) in [5.41, 5.74) is 6.85. The van der Waals surface area contributed by atoms with E-state index in [0.717, 1.165) is 52.2 Å². The lowest BCUT2D eigenvalue weighted by Gasteiger charge is -2.25. The number of carbonyl (C=O) groups is 1. The molecule has 1 atom stereocenters. The first-order valence-corrected chi connectivity index (χ1v) is 17.1. The van der Waals surface area contributed by atoms with Gasteiger partial charge in [-0.05, 0) is 77.4 Å². The Kier molecular flexibility index (Phi) is 11.0. The van der Waals surface area contributed by atoms with Crippen LogP contribution in [0.4, 0.5) is 10.6 Å². The number of aliphatic hydroxyl groups is 1. The van der Waals surface area contributed by atoms with E-state index in [2.05, 4.69) is 11.8 Å². The van der Waals surface area contributed by atoms with Gasteiger partial charge in [0.15, 0.2) is 11.5 Å². The maximum absolute atomic E-state index is 11.8. The molecule has 266 valence electrons. The molecule has 12 heteroatoms. The molecule has 2 N–H and O–H groups in total. The number of hydrogen-bond donors (Lipinski definition) is 2. The van der Waals surface area contributed by atoms with Crippen LogP contribution in [0.1, 0.15) is 65.8 Å². The van der Waals surface area contributed by atoms with Gasteiger partial charge < -0.3 is 34.2 Å². The third-order valence-corrected chi connectivity index (χ3v) is 9.12. The first-order valence-electron chi connectivity index (χ1n) is 17.1. The highest BCUT2D eigenvalue weighted by atomic mass is 16.5. The van der Waals surface area contributed by atoms with E-state index in [9.17, 15) is 15.0 Å². The molecule has 0 fully saturated rings. The average molecular weight is 693 g/mol. The number of rotatable bonds is 14. The average Bonchev–Trinajstić information content (AvgIpc) is 3.58. The Labute approximate surface area is 297 Å². The lowest BCUT2D eigenvalue weighted by molar-refractivity contribution is 0.150. The second kappa shape index (κ2) is 15.9. The largest absolute Gasteiger partial charge is 0.497 e. The van der Waals surface area contributed by atoms with Crippen LogP contribution in [0.15, 0.2) is 79.0 Å². The number of amides is 1. The molecule has 12 nitrogen and oxygen atoms in total. The fourth-order valence-corrected chi connectivity index (χ4v) is 6.22. The maximum Gasteiger partial charge on any atom is 0.407 e. The van der Waals surface area contributed by atoms with Gasteiger partial charge in [0.05, 0.1) is 32.7 Å². The third-order valence-electron chi connectivity index (χ3n) is 9.12. The van der Waals surface area contributed by atoms with Crippen LogP contribution in [0.25, 0.3) is 11.2 Å². The summed E-state index contributed by atoms with van der Waals surface area (Å²) in [6.07, 6.45) is 4.07. The van der Waals surface area contributed by atoms with Crippen molar-refractivity contribution in [3.8, 4) is 17.5 Å². The number of benzene rings is 3. The number of unbranched alkanes of at least 4 members (excludes halogenated alkanes) is 1. The second-order valence-electron chi connectivity index (χ2n) is 12.6. The molecular weight excluding hydrogens is 648 g/mol. The van der Waals surface area contributed by atoms with Gasteiger partial charge in [-0.15, -0.1) is 5.10 Å². The van der Waals surface area contributed by atoms with Crippen LogP contribution in [0.3, 0.4) is 0 Å². The lowest BCUT2D eigenvalue weighted by Crippen LogP contribution is -2.33. The molecule has 5 aromatic rings. The Balaban J connectivity index is 1.38. The monoisotopic (exact) mass is 692 g/mol. The zero-order chi connectivity index (χ0) is 35.9. The Morgan fingerprint density at radius 2 is 1.65 bits per heavy atom. The van der Waals surface area contributed by atoms with Crippen LogP contribution >= 0.6 is 0 Å². The normalized spacial score (nSPS) is 13.5. The number of aliphatic hydroxyl groups excluding tert-OH is 1. The predicted molar refractivity (Wildman–Crippen MR) is 194 cm³/mol. The highest BCUT2D eigenvalue weighted by Crippen LogP contribution is 2.32. The minimum absolute atomic E-state index is 0.193. The first kappa shape index (κ1) is 35.2. The summed E-state index contributed by atoms with van der Waals surface area (Å²) >= 11 is 0. The lowest BCUT2D eigenvalue weighted by atomic mass is 9.93. The third kappa shape index (κ3) is 8.07. The molecule has 1 unspecified atom stereocenters. The maximum atomic E-state index is 11.8. The van der Waals surface area contributed by atoms with Crippen molar-refractivity contribution in [2.24, 2.45) is 0 Å². The number of carboxylic acid groups (broad SMARTS) is 1. The number of imidazole rings is 1. The molecule has 0 saturated carbocycles. The highest BCUT2D eigenvalue weighted by Gasteiger charge is 2.25. The minimum Gasteiger partial charge on any atom is -0.497 e. The summed E-state index contributed by atoms with van der Waals surface area (Å²) < 4.78 is 18.5. The molecule has 3 aromatic carbocycles. The van der Waals surface area contributed by atoms with Crippen molar-refractivity contribution in [3.63, 3.8) is 0 Å². The summed E-state index contributed by atoms with van der Waals surface area (Å²) in [6.45, 7) is 6.36. The minimum atomic E-state index is -1.04. The van der Waals surface area contributed by atoms with Gasteiger partial charge in [-0.3, -0.25) is 0 Å². The summed E-state index contributed by atoms with van der Waals surface area (Å²) in [6, 6.07) is 21.9. The topological polar surface area (TPSA) is 135 Å². The Bertz CT molecular complexity index is 1940. The standard InChI is InChI=1S/C39H44N6O6/c1-5-6-21-51-38-41-37(44(24-27-7-12-31(49-3)13-8-27)25-28-9-14-32(50-4)15-10-28)36-40-23-34(45(36)42-38)35(46)30-11-16-33(26(2)22-30)29-17-19-43(20-18-29)39(47)48/h7-17,22-23,35,46H,5-6,18-21,24-25H2,1-4H3,(H,47,48). The number of nitrogens with zero attached hydrogens (tertiary/aromatic N) is 6. The zero-order valence-electron chi connectivity index (χ0n) is 29.5. The molecule has 3 heterocycles. The number of fused-ring (bicyclic) bond motifs is 1. The quantitative estimate of drug-likeness (QED) is 0.121. The van der Waals surface area contributed by atoms with Crippen molar-refractivity contribution >= 4 is 23.1 Å². The second-order valence-corrected chi connectivity index (χ2v) is 12.6. The number of hydrogen-bond acceptors (Lipinski definition) is 9. The van der Waals surface area contributed by atoms with Crippen molar-refractivity contribution in [2.45, 2.75) is 52.3 Å². The number of aromatic nitrogens is 4. The molecule has 51 heavy (non-hydrogen) atoms. The molecular formula is C39H44N6O6. The highest BCUT2D eigenvalue weighted by molar-refractivity contribution is 5.73. The van der Waals surface area contributed by atoms with Crippen LogP contribution in [-0.4, -0.2) is 74.7 Å². The molecule has 1 amide bonds. The molecule has 1 aliphatic heterocycles.